The first-order valence-electron chi connectivity index (χ1n) is 6.13. The van der Waals surface area contributed by atoms with Crippen molar-refractivity contribution < 1.29 is 19.4 Å². The summed E-state index contributed by atoms with van der Waals surface area (Å²) in [6, 6.07) is -0.910. The largest absolute Gasteiger partial charge is 0.394 e. The van der Waals surface area contributed by atoms with Crippen LogP contribution in [0.15, 0.2) is 0 Å². The Kier molecular flexibility index (Phi) is 6.03. The van der Waals surface area contributed by atoms with Gasteiger partial charge in [-0.1, -0.05) is 0 Å². The van der Waals surface area contributed by atoms with E-state index >= 15 is 0 Å². The van der Waals surface area contributed by atoms with Crippen LogP contribution >= 0.6 is 0 Å². The minimum atomic E-state index is -0.485. The highest BCUT2D eigenvalue weighted by Gasteiger charge is 2.28. The molecular formula is C11H21N3O4. The molecule has 0 bridgehead atoms. The van der Waals surface area contributed by atoms with Gasteiger partial charge in [0.2, 0.25) is 5.91 Å². The van der Waals surface area contributed by atoms with Gasteiger partial charge in [0.1, 0.15) is 0 Å². The molecule has 0 radical (unpaired) electrons. The number of carbonyl (C=O) groups is 2. The number of nitrogens with zero attached hydrogens (tertiary/aromatic N) is 1. The number of carbonyl (C=O) groups excluding carboxylic acids is 2. The number of rotatable bonds is 4. The van der Waals surface area contributed by atoms with Crippen LogP contribution in [0.25, 0.3) is 0 Å². The molecule has 1 fully saturated rings. The summed E-state index contributed by atoms with van der Waals surface area (Å²) in [5, 5.41) is 13.8. The molecule has 7 heteroatoms. The van der Waals surface area contributed by atoms with E-state index in [1.807, 2.05) is 4.90 Å². The highest BCUT2D eigenvalue weighted by atomic mass is 16.5. The number of aliphatic hydroxyl groups excluding tert-OH is 1. The zero-order valence-corrected chi connectivity index (χ0v) is 10.8. The number of morpholine rings is 1. The van der Waals surface area contributed by atoms with E-state index in [1.165, 1.54) is 0 Å². The summed E-state index contributed by atoms with van der Waals surface area (Å²) < 4.78 is 5.30. The predicted octanol–water partition coefficient (Wildman–Crippen LogP) is -1.09. The molecule has 2 unspecified atom stereocenters. The summed E-state index contributed by atoms with van der Waals surface area (Å²) in [4.78, 5) is 24.9. The molecule has 0 spiro atoms. The quantitative estimate of drug-likeness (QED) is 0.597. The average molecular weight is 259 g/mol. The highest BCUT2D eigenvalue weighted by molar-refractivity contribution is 5.96. The van der Waals surface area contributed by atoms with Crippen LogP contribution in [0.2, 0.25) is 0 Å². The van der Waals surface area contributed by atoms with Crippen LogP contribution in [0, 0.1) is 0 Å². The number of amides is 3. The maximum atomic E-state index is 11.8. The first-order chi connectivity index (χ1) is 8.58. The molecule has 1 rings (SSSR count). The van der Waals surface area contributed by atoms with Gasteiger partial charge in [-0.25, -0.2) is 4.79 Å². The first kappa shape index (κ1) is 14.9. The summed E-state index contributed by atoms with van der Waals surface area (Å²) >= 11 is 0. The number of imide groups is 1. The lowest BCUT2D eigenvalue weighted by Crippen LogP contribution is -2.54. The molecule has 3 amide bonds. The van der Waals surface area contributed by atoms with Gasteiger partial charge in [-0.3, -0.25) is 15.0 Å². The first-order valence-corrected chi connectivity index (χ1v) is 6.13. The van der Waals surface area contributed by atoms with E-state index in [4.69, 9.17) is 9.84 Å². The van der Waals surface area contributed by atoms with Crippen molar-refractivity contribution in [3.63, 3.8) is 0 Å². The summed E-state index contributed by atoms with van der Waals surface area (Å²) in [5.41, 5.74) is 0. The van der Waals surface area contributed by atoms with Crippen LogP contribution in [-0.2, 0) is 9.53 Å². The zero-order chi connectivity index (χ0) is 13.5. The monoisotopic (exact) mass is 259 g/mol. The van der Waals surface area contributed by atoms with Gasteiger partial charge in [0.15, 0.2) is 0 Å². The second-order valence-electron chi connectivity index (χ2n) is 4.19. The fourth-order valence-electron chi connectivity index (χ4n) is 1.79. The van der Waals surface area contributed by atoms with Gasteiger partial charge >= 0.3 is 6.03 Å². The van der Waals surface area contributed by atoms with E-state index in [-0.39, 0.29) is 18.6 Å². The third kappa shape index (κ3) is 4.25. The van der Waals surface area contributed by atoms with Gasteiger partial charge in [0, 0.05) is 19.6 Å². The van der Waals surface area contributed by atoms with E-state index in [2.05, 4.69) is 10.6 Å². The molecule has 0 aliphatic carbocycles. The SMILES string of the molecule is CCNC(=O)NC(=O)C(C)N1CCOC(CO)C1. The molecule has 3 N–H and O–H groups in total. The van der Waals surface area contributed by atoms with Crippen LogP contribution in [-0.4, -0.2) is 66.9 Å². The number of ether oxygens (including phenoxy) is 1. The van der Waals surface area contributed by atoms with Crippen molar-refractivity contribution in [3.8, 4) is 0 Å². The smallest absolute Gasteiger partial charge is 0.321 e. The van der Waals surface area contributed by atoms with Crippen LogP contribution in [0.1, 0.15) is 13.8 Å². The highest BCUT2D eigenvalue weighted by Crippen LogP contribution is 2.08. The van der Waals surface area contributed by atoms with E-state index in [1.54, 1.807) is 13.8 Å². The molecule has 2 atom stereocenters. The normalized spacial score (nSPS) is 22.3. The van der Waals surface area contributed by atoms with Crippen LogP contribution in [0.5, 0.6) is 0 Å². The lowest BCUT2D eigenvalue weighted by Gasteiger charge is -2.35. The summed E-state index contributed by atoms with van der Waals surface area (Å²) in [5.74, 6) is -0.348. The topological polar surface area (TPSA) is 90.9 Å². The van der Waals surface area contributed by atoms with Gasteiger partial charge in [0.05, 0.1) is 25.4 Å². The third-order valence-electron chi connectivity index (χ3n) is 2.88. The van der Waals surface area contributed by atoms with Crippen molar-refractivity contribution in [2.45, 2.75) is 26.0 Å². The molecule has 104 valence electrons. The molecule has 0 aromatic heterocycles. The summed E-state index contributed by atoms with van der Waals surface area (Å²) in [6.45, 7) is 5.49. The Labute approximate surface area is 106 Å². The van der Waals surface area contributed by atoms with Crippen molar-refractivity contribution in [1.29, 1.82) is 0 Å². The molecule has 1 saturated heterocycles. The minimum Gasteiger partial charge on any atom is -0.394 e. The van der Waals surface area contributed by atoms with Gasteiger partial charge < -0.3 is 15.2 Å². The summed E-state index contributed by atoms with van der Waals surface area (Å²) in [7, 11) is 0. The average Bonchev–Trinajstić information content (AvgIpc) is 2.38. The summed E-state index contributed by atoms with van der Waals surface area (Å²) in [6.07, 6.45) is -0.265. The van der Waals surface area contributed by atoms with Gasteiger partial charge in [0.25, 0.3) is 0 Å². The number of nitrogens with one attached hydrogen (secondary N) is 2. The second kappa shape index (κ2) is 7.30. The Morgan fingerprint density at radius 3 is 2.89 bits per heavy atom. The van der Waals surface area contributed by atoms with Gasteiger partial charge in [-0.2, -0.15) is 0 Å². The maximum Gasteiger partial charge on any atom is 0.321 e. The Morgan fingerprint density at radius 1 is 1.56 bits per heavy atom. The molecule has 1 heterocycles. The lowest BCUT2D eigenvalue weighted by atomic mass is 10.2. The van der Waals surface area contributed by atoms with Gasteiger partial charge in [-0.05, 0) is 13.8 Å². The molecule has 18 heavy (non-hydrogen) atoms. The number of aliphatic hydroxyl groups is 1. The van der Waals surface area contributed by atoms with Crippen molar-refractivity contribution in [1.82, 2.24) is 15.5 Å². The number of hydrogen-bond donors (Lipinski definition) is 3. The van der Waals surface area contributed by atoms with Crippen molar-refractivity contribution in [2.75, 3.05) is 32.8 Å². The molecule has 7 nitrogen and oxygen atoms in total. The maximum absolute atomic E-state index is 11.8. The standard InChI is InChI=1S/C11H21N3O4/c1-3-12-11(17)13-10(16)8(2)14-4-5-18-9(6-14)7-15/h8-9,15H,3-7H2,1-2H3,(H2,12,13,16,17). The molecule has 0 saturated carbocycles. The van der Waals surface area contributed by atoms with E-state index in [0.717, 1.165) is 0 Å². The van der Waals surface area contributed by atoms with E-state index in [0.29, 0.717) is 26.2 Å². The number of hydrogen-bond acceptors (Lipinski definition) is 5. The van der Waals surface area contributed by atoms with Crippen LogP contribution in [0.4, 0.5) is 4.79 Å². The Bertz CT molecular complexity index is 298. The lowest BCUT2D eigenvalue weighted by molar-refractivity contribution is -0.129. The third-order valence-corrected chi connectivity index (χ3v) is 2.88. The second-order valence-corrected chi connectivity index (χ2v) is 4.19. The molecule has 1 aliphatic heterocycles. The van der Waals surface area contributed by atoms with Crippen molar-refractivity contribution in [2.24, 2.45) is 0 Å². The van der Waals surface area contributed by atoms with E-state index < -0.39 is 12.1 Å². The molecule has 1 aliphatic rings. The van der Waals surface area contributed by atoms with Crippen LogP contribution < -0.4 is 10.6 Å². The Hall–Kier alpha value is -1.18. The molecular weight excluding hydrogens is 238 g/mol. The fraction of sp³-hybridized carbons (Fsp3) is 0.818. The van der Waals surface area contributed by atoms with Crippen molar-refractivity contribution in [3.05, 3.63) is 0 Å². The Balaban J connectivity index is 2.44. The van der Waals surface area contributed by atoms with Gasteiger partial charge in [-0.15, -0.1) is 0 Å². The molecule has 0 aromatic rings. The zero-order valence-electron chi connectivity index (χ0n) is 10.8. The molecule has 0 aromatic carbocycles. The minimum absolute atomic E-state index is 0.0683. The predicted molar refractivity (Wildman–Crippen MR) is 65.1 cm³/mol. The fourth-order valence-corrected chi connectivity index (χ4v) is 1.79. The van der Waals surface area contributed by atoms with E-state index in [9.17, 15) is 9.59 Å². The van der Waals surface area contributed by atoms with Crippen LogP contribution in [0.3, 0.4) is 0 Å². The van der Waals surface area contributed by atoms with Crippen molar-refractivity contribution >= 4 is 11.9 Å². The Morgan fingerprint density at radius 2 is 2.28 bits per heavy atom. The number of urea groups is 1.